The van der Waals surface area contributed by atoms with Crippen LogP contribution in [0.3, 0.4) is 0 Å². The first-order valence-corrected chi connectivity index (χ1v) is 12.6. The monoisotopic (exact) mass is 470 g/mol. The van der Waals surface area contributed by atoms with E-state index in [0.717, 1.165) is 24.1 Å². The van der Waals surface area contributed by atoms with Crippen LogP contribution >= 0.6 is 0 Å². The Morgan fingerprint density at radius 2 is 1.79 bits per heavy atom. The molecule has 0 spiro atoms. The summed E-state index contributed by atoms with van der Waals surface area (Å²) in [5, 5.41) is 3.43. The standard InChI is InChI=1S/C24H30N4O4S/c1-16-5-8-19(9-6-16)33(30,31)22-26-20-10-7-18(15-21(20)27-22)25-17-11-13-28(14-12-17)23(29)32-24(2,3)4/h5-10,15,17,25H,11-14H2,1-4H3,(H,26,27). The molecular weight excluding hydrogens is 440 g/mol. The van der Waals surface area contributed by atoms with Crippen LogP contribution in [0.1, 0.15) is 39.2 Å². The smallest absolute Gasteiger partial charge is 0.410 e. The van der Waals surface area contributed by atoms with Gasteiger partial charge in [0.2, 0.25) is 15.0 Å². The fourth-order valence-electron chi connectivity index (χ4n) is 3.80. The van der Waals surface area contributed by atoms with E-state index in [1.165, 1.54) is 0 Å². The van der Waals surface area contributed by atoms with Gasteiger partial charge in [-0.25, -0.2) is 18.2 Å². The lowest BCUT2D eigenvalue weighted by molar-refractivity contribution is 0.0210. The van der Waals surface area contributed by atoms with E-state index >= 15 is 0 Å². The van der Waals surface area contributed by atoms with Gasteiger partial charge in [-0.15, -0.1) is 0 Å². The maximum Gasteiger partial charge on any atom is 0.410 e. The van der Waals surface area contributed by atoms with Gasteiger partial charge in [0, 0.05) is 24.8 Å². The van der Waals surface area contributed by atoms with Gasteiger partial charge in [-0.2, -0.15) is 0 Å². The third-order valence-electron chi connectivity index (χ3n) is 5.56. The minimum Gasteiger partial charge on any atom is -0.444 e. The zero-order valence-corrected chi connectivity index (χ0v) is 20.2. The number of aromatic amines is 1. The van der Waals surface area contributed by atoms with Gasteiger partial charge in [0.15, 0.2) is 0 Å². The highest BCUT2D eigenvalue weighted by molar-refractivity contribution is 7.91. The summed E-state index contributed by atoms with van der Waals surface area (Å²) in [7, 11) is -3.72. The van der Waals surface area contributed by atoms with Crippen LogP contribution in [0.5, 0.6) is 0 Å². The van der Waals surface area contributed by atoms with Crippen molar-refractivity contribution in [1.82, 2.24) is 14.9 Å². The van der Waals surface area contributed by atoms with Crippen LogP contribution in [0.2, 0.25) is 0 Å². The van der Waals surface area contributed by atoms with Crippen molar-refractivity contribution in [3.8, 4) is 0 Å². The number of imidazole rings is 1. The highest BCUT2D eigenvalue weighted by Crippen LogP contribution is 2.25. The number of aryl methyl sites for hydroxylation is 1. The quantitative estimate of drug-likeness (QED) is 0.581. The van der Waals surface area contributed by atoms with Crippen LogP contribution in [-0.4, -0.2) is 54.1 Å². The number of carbonyl (C=O) groups excluding carboxylic acids is 1. The molecule has 2 aromatic carbocycles. The molecule has 0 unspecified atom stereocenters. The van der Waals surface area contributed by atoms with E-state index in [1.807, 2.05) is 39.8 Å². The molecular formula is C24H30N4O4S. The fourth-order valence-corrected chi connectivity index (χ4v) is 4.98. The van der Waals surface area contributed by atoms with Crippen LogP contribution in [0.25, 0.3) is 11.0 Å². The van der Waals surface area contributed by atoms with Crippen LogP contribution in [-0.2, 0) is 14.6 Å². The number of benzene rings is 2. The van der Waals surface area contributed by atoms with Crippen molar-refractivity contribution in [2.45, 2.75) is 62.2 Å². The number of carbonyl (C=O) groups is 1. The van der Waals surface area contributed by atoms with Crippen molar-refractivity contribution in [2.24, 2.45) is 0 Å². The Labute approximate surface area is 194 Å². The summed E-state index contributed by atoms with van der Waals surface area (Å²) < 4.78 is 31.3. The van der Waals surface area contributed by atoms with Crippen molar-refractivity contribution in [3.63, 3.8) is 0 Å². The second-order valence-corrected chi connectivity index (χ2v) is 11.3. The number of aromatic nitrogens is 2. The number of nitrogens with one attached hydrogen (secondary N) is 2. The predicted octanol–water partition coefficient (Wildman–Crippen LogP) is 4.52. The predicted molar refractivity (Wildman–Crippen MR) is 127 cm³/mol. The lowest BCUT2D eigenvalue weighted by Gasteiger charge is -2.34. The fraction of sp³-hybridized carbons (Fsp3) is 0.417. The summed E-state index contributed by atoms with van der Waals surface area (Å²) in [4.78, 5) is 21.5. The first-order valence-electron chi connectivity index (χ1n) is 11.1. The number of piperidine rings is 1. The summed E-state index contributed by atoms with van der Waals surface area (Å²) >= 11 is 0. The molecule has 8 nitrogen and oxygen atoms in total. The normalized spacial score (nSPS) is 15.6. The Morgan fingerprint density at radius 1 is 1.12 bits per heavy atom. The van der Waals surface area contributed by atoms with Crippen molar-refractivity contribution >= 4 is 32.7 Å². The topological polar surface area (TPSA) is 104 Å². The molecule has 1 amide bonds. The lowest BCUT2D eigenvalue weighted by atomic mass is 10.0. The molecule has 3 aromatic rings. The van der Waals surface area contributed by atoms with Gasteiger partial charge < -0.3 is 19.9 Å². The van der Waals surface area contributed by atoms with Gasteiger partial charge >= 0.3 is 6.09 Å². The highest BCUT2D eigenvalue weighted by Gasteiger charge is 2.27. The minimum atomic E-state index is -3.72. The molecule has 1 saturated heterocycles. The number of likely N-dealkylation sites (tertiary alicyclic amines) is 1. The number of ether oxygens (including phenoxy) is 1. The van der Waals surface area contributed by atoms with Gasteiger partial charge in [-0.05, 0) is 70.9 Å². The van der Waals surface area contributed by atoms with Crippen molar-refractivity contribution in [1.29, 1.82) is 0 Å². The maximum absolute atomic E-state index is 12.9. The molecule has 0 aliphatic carbocycles. The van der Waals surface area contributed by atoms with Crippen LogP contribution < -0.4 is 5.32 Å². The number of anilines is 1. The average molecular weight is 471 g/mol. The molecule has 0 radical (unpaired) electrons. The number of hydrogen-bond acceptors (Lipinski definition) is 6. The van der Waals surface area contributed by atoms with E-state index < -0.39 is 15.4 Å². The third-order valence-corrected chi connectivity index (χ3v) is 7.16. The Hall–Kier alpha value is -3.07. The summed E-state index contributed by atoms with van der Waals surface area (Å²) in [5.74, 6) is 0. The molecule has 0 bridgehead atoms. The zero-order chi connectivity index (χ0) is 23.8. The molecule has 2 N–H and O–H groups in total. The molecule has 1 aromatic heterocycles. The van der Waals surface area contributed by atoms with Gasteiger partial charge in [0.1, 0.15) is 5.60 Å². The first kappa shape index (κ1) is 23.1. The second kappa shape index (κ2) is 8.70. The minimum absolute atomic E-state index is 0.0656. The maximum atomic E-state index is 12.9. The van der Waals surface area contributed by atoms with Crippen molar-refractivity contribution in [2.75, 3.05) is 18.4 Å². The Kier molecular flexibility index (Phi) is 6.09. The molecule has 33 heavy (non-hydrogen) atoms. The summed E-state index contributed by atoms with van der Waals surface area (Å²) in [5.41, 5.74) is 2.60. The Balaban J connectivity index is 1.43. The number of rotatable bonds is 4. The number of amides is 1. The van der Waals surface area contributed by atoms with Gasteiger partial charge in [0.05, 0.1) is 15.9 Å². The number of fused-ring (bicyclic) bond motifs is 1. The van der Waals surface area contributed by atoms with E-state index in [4.69, 9.17) is 4.74 Å². The summed E-state index contributed by atoms with van der Waals surface area (Å²) in [6.07, 6.45) is 1.32. The Morgan fingerprint density at radius 3 is 2.42 bits per heavy atom. The van der Waals surface area contributed by atoms with Crippen molar-refractivity contribution < 1.29 is 17.9 Å². The average Bonchev–Trinajstić information content (AvgIpc) is 3.18. The van der Waals surface area contributed by atoms with Crippen LogP contribution in [0.4, 0.5) is 10.5 Å². The SMILES string of the molecule is Cc1ccc(S(=O)(=O)c2nc3ccc(NC4CCN(C(=O)OC(C)(C)C)CC4)cc3[nH]2)cc1. The third kappa shape index (κ3) is 5.30. The highest BCUT2D eigenvalue weighted by atomic mass is 32.2. The number of H-pyrrole nitrogens is 1. The first-order chi connectivity index (χ1) is 15.5. The van der Waals surface area contributed by atoms with Gasteiger partial charge in [-0.1, -0.05) is 17.7 Å². The summed E-state index contributed by atoms with van der Waals surface area (Å²) in [6, 6.07) is 12.5. The molecule has 1 fully saturated rings. The van der Waals surface area contributed by atoms with E-state index in [2.05, 4.69) is 15.3 Å². The Bertz CT molecular complexity index is 1250. The summed E-state index contributed by atoms with van der Waals surface area (Å²) in [6.45, 7) is 8.75. The van der Waals surface area contributed by atoms with E-state index in [9.17, 15) is 13.2 Å². The van der Waals surface area contributed by atoms with Crippen molar-refractivity contribution in [3.05, 3.63) is 48.0 Å². The zero-order valence-electron chi connectivity index (χ0n) is 19.4. The molecule has 0 saturated carbocycles. The molecule has 1 aliphatic rings. The second-order valence-electron chi connectivity index (χ2n) is 9.48. The molecule has 176 valence electrons. The lowest BCUT2D eigenvalue weighted by Crippen LogP contribution is -2.44. The molecule has 4 rings (SSSR count). The van der Waals surface area contributed by atoms with Crippen LogP contribution in [0, 0.1) is 6.92 Å². The largest absolute Gasteiger partial charge is 0.444 e. The number of nitrogens with zero attached hydrogens (tertiary/aromatic N) is 2. The molecule has 0 atom stereocenters. The molecule has 2 heterocycles. The number of sulfone groups is 1. The molecule has 9 heteroatoms. The van der Waals surface area contributed by atoms with Gasteiger partial charge in [-0.3, -0.25) is 0 Å². The molecule has 1 aliphatic heterocycles. The number of hydrogen-bond donors (Lipinski definition) is 2. The van der Waals surface area contributed by atoms with Crippen LogP contribution in [0.15, 0.2) is 52.5 Å². The van der Waals surface area contributed by atoms with E-state index in [0.29, 0.717) is 24.1 Å². The van der Waals surface area contributed by atoms with E-state index in [-0.39, 0.29) is 22.2 Å². The van der Waals surface area contributed by atoms with Gasteiger partial charge in [0.25, 0.3) is 0 Å². The van der Waals surface area contributed by atoms with E-state index in [1.54, 1.807) is 35.2 Å².